The molecule has 0 bridgehead atoms. The number of fused-ring (bicyclic) bond motifs is 1. The van der Waals surface area contributed by atoms with Crippen molar-refractivity contribution in [3.05, 3.63) is 66.1 Å². The number of alkyl halides is 3. The van der Waals surface area contributed by atoms with E-state index in [1.165, 1.54) is 19.4 Å². The minimum Gasteiger partial charge on any atom is -0.497 e. The van der Waals surface area contributed by atoms with E-state index in [4.69, 9.17) is 4.74 Å². The Morgan fingerprint density at radius 2 is 2.03 bits per heavy atom. The zero-order chi connectivity index (χ0) is 21.3. The average Bonchev–Trinajstić information content (AvgIpc) is 3.17. The summed E-state index contributed by atoms with van der Waals surface area (Å²) in [5.41, 5.74) is 0.981. The van der Waals surface area contributed by atoms with E-state index in [2.05, 4.69) is 20.7 Å². The fourth-order valence-electron chi connectivity index (χ4n) is 3.37. The number of anilines is 2. The predicted molar refractivity (Wildman–Crippen MR) is 103 cm³/mol. The lowest BCUT2D eigenvalue weighted by atomic mass is 9.97. The molecule has 2 N–H and O–H groups in total. The Morgan fingerprint density at radius 3 is 2.67 bits per heavy atom. The van der Waals surface area contributed by atoms with Crippen LogP contribution in [-0.2, 0) is 0 Å². The van der Waals surface area contributed by atoms with Crippen LogP contribution < -0.4 is 15.4 Å². The van der Waals surface area contributed by atoms with Crippen LogP contribution in [0.2, 0.25) is 0 Å². The number of nitrogens with zero attached hydrogens (tertiary/aromatic N) is 3. The summed E-state index contributed by atoms with van der Waals surface area (Å²) in [7, 11) is 1.52. The summed E-state index contributed by atoms with van der Waals surface area (Å²) in [5, 5.41) is 9.57. The van der Waals surface area contributed by atoms with Crippen LogP contribution in [0.3, 0.4) is 0 Å². The molecule has 3 heterocycles. The summed E-state index contributed by atoms with van der Waals surface area (Å²) < 4.78 is 47.2. The molecule has 0 unspecified atom stereocenters. The van der Waals surface area contributed by atoms with Gasteiger partial charge in [-0.25, -0.2) is 4.68 Å². The molecule has 1 amide bonds. The standard InChI is InChI=1S/C20H18F3N5O2/c1-30-14-6-4-12(5-7-14)15-9-17(20(21,22)23)28-18(26-15)10-16(27-28)19(29)25-13-3-2-8-24-11-13/h2-8,10-11,15,17,26H,9H2,1H3,(H,25,29)/t15-,17+/m0/s1. The lowest BCUT2D eigenvalue weighted by Crippen LogP contribution is -2.35. The molecule has 10 heteroatoms. The number of amides is 1. The number of halogens is 3. The number of nitrogens with one attached hydrogen (secondary N) is 2. The van der Waals surface area contributed by atoms with Crippen molar-refractivity contribution in [3.8, 4) is 5.75 Å². The number of carbonyl (C=O) groups is 1. The Kier molecular flexibility index (Phi) is 5.06. The third-order valence-electron chi connectivity index (χ3n) is 4.86. The highest BCUT2D eigenvalue weighted by molar-refractivity contribution is 6.03. The van der Waals surface area contributed by atoms with E-state index >= 15 is 0 Å². The monoisotopic (exact) mass is 417 g/mol. The number of aromatic nitrogens is 3. The van der Waals surface area contributed by atoms with Gasteiger partial charge in [-0.15, -0.1) is 0 Å². The van der Waals surface area contributed by atoms with Gasteiger partial charge in [-0.2, -0.15) is 18.3 Å². The van der Waals surface area contributed by atoms with E-state index in [-0.39, 0.29) is 17.9 Å². The van der Waals surface area contributed by atoms with Crippen LogP contribution in [0.4, 0.5) is 24.7 Å². The predicted octanol–water partition coefficient (Wildman–Crippen LogP) is 4.20. The zero-order valence-corrected chi connectivity index (χ0v) is 15.8. The number of benzene rings is 1. The second-order valence-electron chi connectivity index (χ2n) is 6.82. The third-order valence-corrected chi connectivity index (χ3v) is 4.86. The van der Waals surface area contributed by atoms with Crippen LogP contribution in [0.5, 0.6) is 5.75 Å². The molecule has 0 saturated carbocycles. The smallest absolute Gasteiger partial charge is 0.410 e. The van der Waals surface area contributed by atoms with Crippen LogP contribution in [0, 0.1) is 0 Å². The van der Waals surface area contributed by atoms with Gasteiger partial charge < -0.3 is 15.4 Å². The lowest BCUT2D eigenvalue weighted by Gasteiger charge is -2.33. The fourth-order valence-corrected chi connectivity index (χ4v) is 3.37. The van der Waals surface area contributed by atoms with Gasteiger partial charge in [0.25, 0.3) is 5.91 Å². The molecule has 7 nitrogen and oxygen atoms in total. The summed E-state index contributed by atoms with van der Waals surface area (Å²) in [5.74, 6) is 0.121. The van der Waals surface area contributed by atoms with E-state index in [1.807, 2.05) is 0 Å². The molecule has 0 aliphatic carbocycles. The maximum atomic E-state index is 13.8. The van der Waals surface area contributed by atoms with E-state index in [9.17, 15) is 18.0 Å². The first kappa shape index (κ1) is 19.7. The topological polar surface area (TPSA) is 81.1 Å². The van der Waals surface area contributed by atoms with Gasteiger partial charge in [-0.3, -0.25) is 9.78 Å². The van der Waals surface area contributed by atoms with Crippen molar-refractivity contribution in [3.63, 3.8) is 0 Å². The molecular formula is C20H18F3N5O2. The highest BCUT2D eigenvalue weighted by Crippen LogP contribution is 2.43. The van der Waals surface area contributed by atoms with Gasteiger partial charge in [0, 0.05) is 18.7 Å². The molecule has 2 aromatic heterocycles. The minimum absolute atomic E-state index is 0.119. The lowest BCUT2D eigenvalue weighted by molar-refractivity contribution is -0.173. The number of rotatable bonds is 4. The van der Waals surface area contributed by atoms with Crippen molar-refractivity contribution in [1.82, 2.24) is 14.8 Å². The molecule has 1 aliphatic heterocycles. The number of pyridine rings is 1. The maximum absolute atomic E-state index is 13.8. The van der Waals surface area contributed by atoms with Crippen LogP contribution >= 0.6 is 0 Å². The summed E-state index contributed by atoms with van der Waals surface area (Å²) >= 11 is 0. The van der Waals surface area contributed by atoms with Crippen molar-refractivity contribution < 1.29 is 22.7 Å². The van der Waals surface area contributed by atoms with Crippen LogP contribution in [-0.4, -0.2) is 34.0 Å². The summed E-state index contributed by atoms with van der Waals surface area (Å²) in [6.45, 7) is 0. The molecule has 3 aromatic rings. The Morgan fingerprint density at radius 1 is 1.27 bits per heavy atom. The van der Waals surface area contributed by atoms with E-state index in [0.717, 1.165) is 4.68 Å². The van der Waals surface area contributed by atoms with Crippen LogP contribution in [0.25, 0.3) is 0 Å². The summed E-state index contributed by atoms with van der Waals surface area (Å²) in [6, 6.07) is 8.93. The number of methoxy groups -OCH3 is 1. The molecule has 4 rings (SSSR count). The summed E-state index contributed by atoms with van der Waals surface area (Å²) in [4.78, 5) is 16.4. The highest BCUT2D eigenvalue weighted by Gasteiger charge is 2.46. The fraction of sp³-hybridized carbons (Fsp3) is 0.250. The number of hydrogen-bond acceptors (Lipinski definition) is 5. The first-order valence-electron chi connectivity index (χ1n) is 9.13. The average molecular weight is 417 g/mol. The quantitative estimate of drug-likeness (QED) is 0.665. The van der Waals surface area contributed by atoms with Gasteiger partial charge in [-0.1, -0.05) is 12.1 Å². The molecule has 0 radical (unpaired) electrons. The Labute approximate surface area is 169 Å². The van der Waals surface area contributed by atoms with Gasteiger partial charge in [0.05, 0.1) is 25.0 Å². The molecule has 0 saturated heterocycles. The Bertz CT molecular complexity index is 1030. The highest BCUT2D eigenvalue weighted by atomic mass is 19.4. The van der Waals surface area contributed by atoms with E-state index < -0.39 is 24.2 Å². The number of hydrogen-bond donors (Lipinski definition) is 2. The van der Waals surface area contributed by atoms with Gasteiger partial charge in [-0.05, 0) is 29.8 Å². The van der Waals surface area contributed by atoms with Crippen molar-refractivity contribution in [1.29, 1.82) is 0 Å². The van der Waals surface area contributed by atoms with Crippen molar-refractivity contribution >= 4 is 17.4 Å². The molecule has 0 fully saturated rings. The second kappa shape index (κ2) is 7.69. The van der Waals surface area contributed by atoms with E-state index in [1.54, 1.807) is 42.6 Å². The molecular weight excluding hydrogens is 399 g/mol. The van der Waals surface area contributed by atoms with Crippen molar-refractivity contribution in [2.45, 2.75) is 24.7 Å². The van der Waals surface area contributed by atoms with Crippen LogP contribution in [0.1, 0.15) is 34.6 Å². The van der Waals surface area contributed by atoms with Crippen LogP contribution in [0.15, 0.2) is 54.9 Å². The van der Waals surface area contributed by atoms with Crippen molar-refractivity contribution in [2.75, 3.05) is 17.7 Å². The molecule has 30 heavy (non-hydrogen) atoms. The van der Waals surface area contributed by atoms with Crippen molar-refractivity contribution in [2.24, 2.45) is 0 Å². The SMILES string of the molecule is COc1ccc([C@@H]2C[C@H](C(F)(F)F)n3nc(C(=O)Nc4cccnc4)cc3N2)cc1. The second-order valence-corrected chi connectivity index (χ2v) is 6.82. The third kappa shape index (κ3) is 3.93. The molecule has 2 atom stereocenters. The van der Waals surface area contributed by atoms with E-state index in [0.29, 0.717) is 17.0 Å². The molecule has 1 aromatic carbocycles. The molecule has 1 aliphatic rings. The first-order valence-corrected chi connectivity index (χ1v) is 9.13. The molecule has 0 spiro atoms. The largest absolute Gasteiger partial charge is 0.497 e. The van der Waals surface area contributed by atoms with Gasteiger partial charge >= 0.3 is 6.18 Å². The minimum atomic E-state index is -4.52. The number of carbonyl (C=O) groups excluding carboxylic acids is 1. The zero-order valence-electron chi connectivity index (χ0n) is 15.8. The normalized spacial score (nSPS) is 18.3. The van der Waals surface area contributed by atoms with Gasteiger partial charge in [0.15, 0.2) is 11.7 Å². The molecule has 156 valence electrons. The Hall–Kier alpha value is -3.56. The van der Waals surface area contributed by atoms with Gasteiger partial charge in [0.2, 0.25) is 0 Å². The first-order chi connectivity index (χ1) is 14.3. The maximum Gasteiger partial charge on any atom is 0.410 e. The summed E-state index contributed by atoms with van der Waals surface area (Å²) in [6.07, 6.45) is -1.80. The number of ether oxygens (including phenoxy) is 1. The Balaban J connectivity index is 1.63. The van der Waals surface area contributed by atoms with Gasteiger partial charge in [0.1, 0.15) is 11.6 Å².